The van der Waals surface area contributed by atoms with Crippen molar-refractivity contribution in [1.29, 1.82) is 0 Å². The van der Waals surface area contributed by atoms with E-state index in [9.17, 15) is 0 Å². The van der Waals surface area contributed by atoms with Crippen LogP contribution in [0.3, 0.4) is 0 Å². The lowest BCUT2D eigenvalue weighted by molar-refractivity contribution is 0.00578. The molecule has 1 aliphatic rings. The number of benzene rings is 1. The molecule has 3 rings (SSSR count). The zero-order valence-corrected chi connectivity index (χ0v) is 13.9. The van der Waals surface area contributed by atoms with Crippen LogP contribution in [-0.2, 0) is 16.4 Å². The Kier molecular flexibility index (Phi) is 3.02. The average Bonchev–Trinajstić information content (AvgIpc) is 2.75. The summed E-state index contributed by atoms with van der Waals surface area (Å²) in [6, 6.07) is 4.22. The molecular formula is C16H23BN2O2. The number of fused-ring (bicyclic) bond motifs is 1. The maximum Gasteiger partial charge on any atom is 0.497 e. The summed E-state index contributed by atoms with van der Waals surface area (Å²) in [6.07, 6.45) is 0. The highest BCUT2D eigenvalue weighted by Crippen LogP contribution is 2.37. The lowest BCUT2D eigenvalue weighted by atomic mass is 9.77. The number of aryl methyl sites for hydroxylation is 3. The third-order valence-corrected chi connectivity index (χ3v) is 4.91. The summed E-state index contributed by atoms with van der Waals surface area (Å²) in [6.45, 7) is 12.5. The van der Waals surface area contributed by atoms with Crippen molar-refractivity contribution >= 4 is 23.5 Å². The van der Waals surface area contributed by atoms with Crippen LogP contribution in [0.25, 0.3) is 10.9 Å². The molecule has 0 N–H and O–H groups in total. The normalized spacial score (nSPS) is 20.4. The average molecular weight is 286 g/mol. The van der Waals surface area contributed by atoms with Gasteiger partial charge in [0.1, 0.15) is 0 Å². The van der Waals surface area contributed by atoms with Crippen molar-refractivity contribution in [2.45, 2.75) is 52.7 Å². The van der Waals surface area contributed by atoms with E-state index >= 15 is 0 Å². The maximum absolute atomic E-state index is 6.20. The van der Waals surface area contributed by atoms with Crippen LogP contribution in [0, 0.1) is 13.8 Å². The summed E-state index contributed by atoms with van der Waals surface area (Å²) in [5.41, 5.74) is 3.77. The Labute approximate surface area is 126 Å². The van der Waals surface area contributed by atoms with Crippen LogP contribution >= 0.6 is 0 Å². The van der Waals surface area contributed by atoms with E-state index in [-0.39, 0.29) is 18.3 Å². The van der Waals surface area contributed by atoms with Crippen LogP contribution in [0.4, 0.5) is 0 Å². The standard InChI is InChI=1S/C16H23BN2O2/c1-10-8-9-12(14-13(10)11(2)18-19(14)7)17-20-15(3,4)16(5,6)21-17/h8-9H,1-7H3. The van der Waals surface area contributed by atoms with Crippen molar-refractivity contribution in [2.75, 3.05) is 0 Å². The Balaban J connectivity index is 2.17. The molecule has 0 atom stereocenters. The van der Waals surface area contributed by atoms with Gasteiger partial charge in [-0.3, -0.25) is 4.68 Å². The van der Waals surface area contributed by atoms with E-state index < -0.39 is 0 Å². The first-order valence-electron chi connectivity index (χ1n) is 7.42. The van der Waals surface area contributed by atoms with Gasteiger partial charge in [0.25, 0.3) is 0 Å². The number of nitrogens with zero attached hydrogens (tertiary/aromatic N) is 2. The third kappa shape index (κ3) is 2.02. The molecule has 2 aromatic rings. The highest BCUT2D eigenvalue weighted by Gasteiger charge is 2.52. The molecule has 1 aliphatic heterocycles. The Morgan fingerprint density at radius 2 is 1.62 bits per heavy atom. The fourth-order valence-corrected chi connectivity index (χ4v) is 3.00. The molecule has 4 nitrogen and oxygen atoms in total. The number of hydrogen-bond donors (Lipinski definition) is 0. The molecule has 112 valence electrons. The Morgan fingerprint density at radius 3 is 2.19 bits per heavy atom. The lowest BCUT2D eigenvalue weighted by Crippen LogP contribution is -2.41. The minimum Gasteiger partial charge on any atom is -0.399 e. The molecule has 0 spiro atoms. The van der Waals surface area contributed by atoms with Gasteiger partial charge in [0.05, 0.1) is 22.4 Å². The molecule has 2 heterocycles. The van der Waals surface area contributed by atoms with Crippen LogP contribution in [-0.4, -0.2) is 28.1 Å². The van der Waals surface area contributed by atoms with E-state index in [0.717, 1.165) is 16.7 Å². The minimum atomic E-state index is -0.354. The van der Waals surface area contributed by atoms with E-state index in [1.807, 2.05) is 18.7 Å². The molecule has 1 fully saturated rings. The van der Waals surface area contributed by atoms with Crippen molar-refractivity contribution in [3.63, 3.8) is 0 Å². The van der Waals surface area contributed by atoms with Gasteiger partial charge < -0.3 is 9.31 Å². The molecule has 0 unspecified atom stereocenters. The van der Waals surface area contributed by atoms with Gasteiger partial charge in [-0.15, -0.1) is 0 Å². The second-order valence-corrected chi connectivity index (χ2v) is 6.99. The first-order valence-corrected chi connectivity index (χ1v) is 7.42. The van der Waals surface area contributed by atoms with Crippen molar-refractivity contribution in [1.82, 2.24) is 9.78 Å². The Morgan fingerprint density at radius 1 is 1.05 bits per heavy atom. The van der Waals surface area contributed by atoms with Gasteiger partial charge in [-0.05, 0) is 47.1 Å². The fraction of sp³-hybridized carbons (Fsp3) is 0.562. The van der Waals surface area contributed by atoms with Crippen molar-refractivity contribution in [3.8, 4) is 0 Å². The van der Waals surface area contributed by atoms with Gasteiger partial charge in [-0.2, -0.15) is 5.10 Å². The number of hydrogen-bond acceptors (Lipinski definition) is 3. The Bertz CT molecular complexity index is 703. The second-order valence-electron chi connectivity index (χ2n) is 6.99. The van der Waals surface area contributed by atoms with Gasteiger partial charge in [-0.1, -0.05) is 12.1 Å². The largest absolute Gasteiger partial charge is 0.497 e. The van der Waals surface area contributed by atoms with E-state index in [0.29, 0.717) is 0 Å². The number of aromatic nitrogens is 2. The summed E-state index contributed by atoms with van der Waals surface area (Å²) in [5.74, 6) is 0. The molecule has 0 aliphatic carbocycles. The minimum absolute atomic E-state index is 0.331. The summed E-state index contributed by atoms with van der Waals surface area (Å²) >= 11 is 0. The maximum atomic E-state index is 6.20. The van der Waals surface area contributed by atoms with Gasteiger partial charge in [0, 0.05) is 17.9 Å². The molecule has 5 heteroatoms. The van der Waals surface area contributed by atoms with Gasteiger partial charge >= 0.3 is 7.12 Å². The van der Waals surface area contributed by atoms with Crippen molar-refractivity contribution in [2.24, 2.45) is 7.05 Å². The van der Waals surface area contributed by atoms with Crippen molar-refractivity contribution < 1.29 is 9.31 Å². The first kappa shape index (κ1) is 14.6. The SMILES string of the molecule is Cc1ccc(B2OC(C)(C)C(C)(C)O2)c2c1c(C)nn2C. The van der Waals surface area contributed by atoms with E-state index in [4.69, 9.17) is 9.31 Å². The molecule has 1 aromatic heterocycles. The van der Waals surface area contributed by atoms with Gasteiger partial charge in [-0.25, -0.2) is 0 Å². The lowest BCUT2D eigenvalue weighted by Gasteiger charge is -2.32. The molecule has 0 radical (unpaired) electrons. The van der Waals surface area contributed by atoms with E-state index in [1.165, 1.54) is 10.9 Å². The molecule has 21 heavy (non-hydrogen) atoms. The van der Waals surface area contributed by atoms with Crippen LogP contribution in [0.2, 0.25) is 0 Å². The highest BCUT2D eigenvalue weighted by molar-refractivity contribution is 6.65. The zero-order valence-electron chi connectivity index (χ0n) is 13.9. The zero-order chi connectivity index (χ0) is 15.6. The highest BCUT2D eigenvalue weighted by atomic mass is 16.7. The van der Waals surface area contributed by atoms with Crippen LogP contribution in [0.1, 0.15) is 39.0 Å². The van der Waals surface area contributed by atoms with Crippen LogP contribution in [0.15, 0.2) is 12.1 Å². The van der Waals surface area contributed by atoms with Gasteiger partial charge in [0.2, 0.25) is 0 Å². The summed E-state index contributed by atoms with van der Waals surface area (Å²) in [5, 5.41) is 5.76. The van der Waals surface area contributed by atoms with Crippen LogP contribution in [0.5, 0.6) is 0 Å². The van der Waals surface area contributed by atoms with E-state index in [1.54, 1.807) is 0 Å². The monoisotopic (exact) mass is 286 g/mol. The summed E-state index contributed by atoms with van der Waals surface area (Å²) in [7, 11) is 1.62. The molecule has 0 saturated carbocycles. The van der Waals surface area contributed by atoms with Crippen molar-refractivity contribution in [3.05, 3.63) is 23.4 Å². The smallest absolute Gasteiger partial charge is 0.399 e. The fourth-order valence-electron chi connectivity index (χ4n) is 3.00. The first-order chi connectivity index (χ1) is 9.64. The van der Waals surface area contributed by atoms with Crippen LogP contribution < -0.4 is 5.46 Å². The molecule has 0 bridgehead atoms. The molecule has 1 aromatic carbocycles. The predicted octanol–water partition coefficient (Wildman–Crippen LogP) is 2.49. The summed E-state index contributed by atoms with van der Waals surface area (Å²) < 4.78 is 14.3. The third-order valence-electron chi connectivity index (χ3n) is 4.91. The number of rotatable bonds is 1. The summed E-state index contributed by atoms with van der Waals surface area (Å²) in [4.78, 5) is 0. The topological polar surface area (TPSA) is 36.3 Å². The molecule has 0 amide bonds. The molecule has 1 saturated heterocycles. The van der Waals surface area contributed by atoms with E-state index in [2.05, 4.69) is 51.9 Å². The quantitative estimate of drug-likeness (QED) is 0.756. The second kappa shape index (κ2) is 4.34. The Hall–Kier alpha value is -1.33. The predicted molar refractivity (Wildman–Crippen MR) is 85.9 cm³/mol. The molecular weight excluding hydrogens is 263 g/mol. The van der Waals surface area contributed by atoms with Gasteiger partial charge in [0.15, 0.2) is 0 Å².